The Morgan fingerprint density at radius 2 is 2.28 bits per heavy atom. The quantitative estimate of drug-likeness (QED) is 0.913. The highest BCUT2D eigenvalue weighted by Gasteiger charge is 2.25. The minimum atomic E-state index is 0.371. The summed E-state index contributed by atoms with van der Waals surface area (Å²) in [7, 11) is 0. The zero-order valence-corrected chi connectivity index (χ0v) is 12.4. The van der Waals surface area contributed by atoms with E-state index >= 15 is 0 Å². The summed E-state index contributed by atoms with van der Waals surface area (Å²) in [4.78, 5) is 4.56. The van der Waals surface area contributed by atoms with Gasteiger partial charge in [0.05, 0.1) is 18.4 Å². The number of aliphatic imine (C=N–C) groups is 1. The van der Waals surface area contributed by atoms with Crippen LogP contribution in [0.2, 0.25) is 0 Å². The van der Waals surface area contributed by atoms with Crippen LogP contribution in [0.3, 0.4) is 0 Å². The van der Waals surface area contributed by atoms with Crippen molar-refractivity contribution in [1.82, 2.24) is 9.78 Å². The maximum absolute atomic E-state index is 4.56. The van der Waals surface area contributed by atoms with Gasteiger partial charge in [-0.05, 0) is 18.8 Å². The summed E-state index contributed by atoms with van der Waals surface area (Å²) in [6, 6.07) is 0. The van der Waals surface area contributed by atoms with Gasteiger partial charge in [-0.25, -0.2) is 0 Å². The summed E-state index contributed by atoms with van der Waals surface area (Å²) in [5.74, 6) is 0. The SMILES string of the molecule is CCn1cc(NC2=NCC(CC(C)(C)C)S2)cn1. The van der Waals surface area contributed by atoms with Gasteiger partial charge in [-0.1, -0.05) is 32.5 Å². The fourth-order valence-electron chi connectivity index (χ4n) is 2.00. The summed E-state index contributed by atoms with van der Waals surface area (Å²) in [6.45, 7) is 10.7. The summed E-state index contributed by atoms with van der Waals surface area (Å²) >= 11 is 1.85. The number of aryl methyl sites for hydroxylation is 1. The molecule has 2 rings (SSSR count). The van der Waals surface area contributed by atoms with Crippen molar-refractivity contribution in [3.8, 4) is 0 Å². The Morgan fingerprint density at radius 1 is 1.50 bits per heavy atom. The molecule has 0 radical (unpaired) electrons. The number of hydrogen-bond donors (Lipinski definition) is 1. The summed E-state index contributed by atoms with van der Waals surface area (Å²) in [6.07, 6.45) is 5.06. The number of anilines is 1. The molecule has 1 aliphatic heterocycles. The molecule has 4 nitrogen and oxygen atoms in total. The molecule has 0 spiro atoms. The first-order valence-electron chi connectivity index (χ1n) is 6.47. The van der Waals surface area contributed by atoms with E-state index in [2.05, 4.69) is 43.1 Å². The van der Waals surface area contributed by atoms with Gasteiger partial charge < -0.3 is 5.32 Å². The molecular weight excluding hydrogens is 244 g/mol. The zero-order chi connectivity index (χ0) is 13.2. The Bertz CT molecular complexity index is 430. The molecule has 0 aromatic carbocycles. The number of aromatic nitrogens is 2. The molecule has 5 heteroatoms. The van der Waals surface area contributed by atoms with Gasteiger partial charge in [0.2, 0.25) is 0 Å². The number of hydrogen-bond acceptors (Lipinski definition) is 4. The maximum atomic E-state index is 4.56. The normalized spacial score (nSPS) is 20.0. The molecule has 0 bridgehead atoms. The summed E-state index contributed by atoms with van der Waals surface area (Å²) < 4.78 is 1.91. The number of nitrogens with zero attached hydrogens (tertiary/aromatic N) is 3. The first kappa shape index (κ1) is 13.5. The minimum Gasteiger partial charge on any atom is -0.332 e. The molecule has 0 amide bonds. The Labute approximate surface area is 113 Å². The third kappa shape index (κ3) is 3.77. The van der Waals surface area contributed by atoms with Gasteiger partial charge in [0.25, 0.3) is 0 Å². The summed E-state index contributed by atoms with van der Waals surface area (Å²) in [5.41, 5.74) is 1.40. The van der Waals surface area contributed by atoms with E-state index < -0.39 is 0 Å². The Kier molecular flexibility index (Phi) is 4.00. The molecule has 0 saturated heterocycles. The van der Waals surface area contributed by atoms with Crippen molar-refractivity contribution in [1.29, 1.82) is 0 Å². The molecule has 0 fully saturated rings. The van der Waals surface area contributed by atoms with Gasteiger partial charge >= 0.3 is 0 Å². The fourth-order valence-corrected chi connectivity index (χ4v) is 3.37. The predicted octanol–water partition coefficient (Wildman–Crippen LogP) is 3.22. The van der Waals surface area contributed by atoms with Crippen molar-refractivity contribution in [2.75, 3.05) is 11.9 Å². The molecule has 1 atom stereocenters. The number of rotatable bonds is 3. The largest absolute Gasteiger partial charge is 0.332 e. The van der Waals surface area contributed by atoms with E-state index in [4.69, 9.17) is 0 Å². The van der Waals surface area contributed by atoms with Crippen LogP contribution in [-0.4, -0.2) is 26.7 Å². The number of amidine groups is 1. The third-order valence-electron chi connectivity index (χ3n) is 2.77. The molecule has 1 aromatic heterocycles. The van der Waals surface area contributed by atoms with Gasteiger partial charge in [-0.3, -0.25) is 9.67 Å². The Balaban J connectivity index is 1.85. The minimum absolute atomic E-state index is 0.371. The van der Waals surface area contributed by atoms with E-state index in [0.29, 0.717) is 10.7 Å². The lowest BCUT2D eigenvalue weighted by atomic mass is 9.90. The van der Waals surface area contributed by atoms with E-state index in [1.54, 1.807) is 0 Å². The lowest BCUT2D eigenvalue weighted by molar-refractivity contribution is 0.375. The fraction of sp³-hybridized carbons (Fsp3) is 0.692. The van der Waals surface area contributed by atoms with Crippen LogP contribution >= 0.6 is 11.8 Å². The third-order valence-corrected chi connectivity index (χ3v) is 3.87. The van der Waals surface area contributed by atoms with Crippen LogP contribution in [0.1, 0.15) is 34.1 Å². The van der Waals surface area contributed by atoms with Gasteiger partial charge in [-0.15, -0.1) is 0 Å². The molecule has 0 aliphatic carbocycles. The number of thioether (sulfide) groups is 1. The van der Waals surface area contributed by atoms with Crippen molar-refractivity contribution in [2.24, 2.45) is 10.4 Å². The molecule has 1 aliphatic rings. The lowest BCUT2D eigenvalue weighted by Crippen LogP contribution is -2.16. The number of nitrogens with one attached hydrogen (secondary N) is 1. The highest BCUT2D eigenvalue weighted by Crippen LogP contribution is 2.32. The van der Waals surface area contributed by atoms with Crippen molar-refractivity contribution >= 4 is 22.6 Å². The van der Waals surface area contributed by atoms with Crippen molar-refractivity contribution in [3.63, 3.8) is 0 Å². The second kappa shape index (κ2) is 5.34. The molecule has 2 heterocycles. The van der Waals surface area contributed by atoms with Gasteiger partial charge in [-0.2, -0.15) is 5.10 Å². The smallest absolute Gasteiger partial charge is 0.161 e. The highest BCUT2D eigenvalue weighted by atomic mass is 32.2. The first-order chi connectivity index (χ1) is 8.46. The van der Waals surface area contributed by atoms with Crippen LogP contribution in [0.5, 0.6) is 0 Å². The average molecular weight is 266 g/mol. The van der Waals surface area contributed by atoms with E-state index in [1.807, 2.05) is 28.8 Å². The monoisotopic (exact) mass is 266 g/mol. The first-order valence-corrected chi connectivity index (χ1v) is 7.35. The van der Waals surface area contributed by atoms with Gasteiger partial charge in [0, 0.05) is 18.0 Å². The molecular formula is C13H22N4S. The molecule has 1 aromatic rings. The maximum Gasteiger partial charge on any atom is 0.161 e. The second-order valence-corrected chi connectivity index (χ2v) is 7.15. The second-order valence-electron chi connectivity index (χ2n) is 5.86. The van der Waals surface area contributed by atoms with Crippen LogP contribution in [0, 0.1) is 5.41 Å². The standard InChI is InChI=1S/C13H22N4S/c1-5-17-9-10(7-15-17)16-12-14-8-11(18-12)6-13(2,3)4/h7,9,11H,5-6,8H2,1-4H3,(H,14,16). The van der Waals surface area contributed by atoms with Crippen LogP contribution in [0.25, 0.3) is 0 Å². The molecule has 1 unspecified atom stereocenters. The van der Waals surface area contributed by atoms with Gasteiger partial charge in [0.15, 0.2) is 5.17 Å². The molecule has 18 heavy (non-hydrogen) atoms. The van der Waals surface area contributed by atoms with Crippen LogP contribution in [0.15, 0.2) is 17.4 Å². The predicted molar refractivity (Wildman–Crippen MR) is 79.3 cm³/mol. The van der Waals surface area contributed by atoms with Crippen LogP contribution < -0.4 is 5.32 Å². The molecule has 1 N–H and O–H groups in total. The van der Waals surface area contributed by atoms with Crippen LogP contribution in [0.4, 0.5) is 5.69 Å². The van der Waals surface area contributed by atoms with E-state index in [9.17, 15) is 0 Å². The van der Waals surface area contributed by atoms with Crippen LogP contribution in [-0.2, 0) is 6.54 Å². The highest BCUT2D eigenvalue weighted by molar-refractivity contribution is 8.15. The van der Waals surface area contributed by atoms with Gasteiger partial charge in [0.1, 0.15) is 0 Å². The summed E-state index contributed by atoms with van der Waals surface area (Å²) in [5, 5.41) is 9.22. The Morgan fingerprint density at radius 3 is 2.89 bits per heavy atom. The van der Waals surface area contributed by atoms with E-state index in [-0.39, 0.29) is 0 Å². The van der Waals surface area contributed by atoms with Crippen molar-refractivity contribution in [2.45, 2.75) is 45.9 Å². The van der Waals surface area contributed by atoms with Crippen molar-refractivity contribution < 1.29 is 0 Å². The van der Waals surface area contributed by atoms with E-state index in [1.165, 1.54) is 6.42 Å². The molecule has 0 saturated carbocycles. The molecule has 100 valence electrons. The topological polar surface area (TPSA) is 42.2 Å². The van der Waals surface area contributed by atoms with E-state index in [0.717, 1.165) is 23.9 Å². The average Bonchev–Trinajstić information content (AvgIpc) is 2.86. The Hall–Kier alpha value is -0.970. The van der Waals surface area contributed by atoms with Crippen molar-refractivity contribution in [3.05, 3.63) is 12.4 Å². The lowest BCUT2D eigenvalue weighted by Gasteiger charge is -2.21. The zero-order valence-electron chi connectivity index (χ0n) is 11.6.